The number of aryl methyl sites for hydroxylation is 4. The van der Waals surface area contributed by atoms with Crippen molar-refractivity contribution in [3.05, 3.63) is 235 Å². The van der Waals surface area contributed by atoms with Crippen LogP contribution in [0.15, 0.2) is 212 Å². The van der Waals surface area contributed by atoms with Gasteiger partial charge in [0, 0.05) is 49.4 Å². The van der Waals surface area contributed by atoms with E-state index in [0.717, 1.165) is 28.2 Å². The number of hydrogen-bond donors (Lipinski definition) is 0. The zero-order chi connectivity index (χ0) is 44.9. The zero-order valence-electron chi connectivity index (χ0n) is 38.0. The second-order valence-corrected chi connectivity index (χ2v) is 18.4. The molecule has 3 aromatic heterocycles. The van der Waals surface area contributed by atoms with Gasteiger partial charge in [-0.15, -0.1) is 0 Å². The van der Waals surface area contributed by atoms with Gasteiger partial charge in [0.1, 0.15) is 0 Å². The minimum Gasteiger partial charge on any atom is -0.309 e. The van der Waals surface area contributed by atoms with E-state index in [-0.39, 0.29) is 0 Å². The molecule has 318 valence electrons. The first-order valence-corrected chi connectivity index (χ1v) is 23.3. The zero-order valence-corrected chi connectivity index (χ0v) is 38.0. The first kappa shape index (κ1) is 39.0. The molecule has 0 spiro atoms. The van der Waals surface area contributed by atoms with Crippen LogP contribution in [0.1, 0.15) is 22.3 Å². The molecular weight excluding hydrogens is 811 g/mol. The summed E-state index contributed by atoms with van der Waals surface area (Å²) >= 11 is 0. The maximum absolute atomic E-state index is 2.48. The van der Waals surface area contributed by atoms with Crippen molar-refractivity contribution in [1.82, 2.24) is 13.7 Å². The average molecular weight is 858 g/mol. The highest BCUT2D eigenvalue weighted by Gasteiger charge is 2.20. The Morgan fingerprint density at radius 2 is 0.567 bits per heavy atom. The number of para-hydroxylation sites is 4. The summed E-state index contributed by atoms with van der Waals surface area (Å²) in [4.78, 5) is 0. The second-order valence-electron chi connectivity index (χ2n) is 18.4. The fourth-order valence-electron chi connectivity index (χ4n) is 11.4. The number of hydrogen-bond acceptors (Lipinski definition) is 0. The summed E-state index contributed by atoms with van der Waals surface area (Å²) in [6.07, 6.45) is 0. The van der Waals surface area contributed by atoms with Crippen LogP contribution in [-0.2, 0) is 0 Å². The van der Waals surface area contributed by atoms with Crippen LogP contribution in [0.2, 0.25) is 0 Å². The van der Waals surface area contributed by atoms with Crippen molar-refractivity contribution in [2.24, 2.45) is 0 Å². The van der Waals surface area contributed by atoms with Crippen LogP contribution in [0, 0.1) is 27.7 Å². The Hall–Kier alpha value is -8.40. The Balaban J connectivity index is 1.08. The predicted octanol–water partition coefficient (Wildman–Crippen LogP) is 17.2. The average Bonchev–Trinajstić information content (AvgIpc) is 3.99. The topological polar surface area (TPSA) is 14.8 Å². The van der Waals surface area contributed by atoms with Crippen molar-refractivity contribution < 1.29 is 0 Å². The van der Waals surface area contributed by atoms with Crippen molar-refractivity contribution in [3.63, 3.8) is 0 Å². The standard InChI is InChI=1S/C64H47N3/c1-40-16-13-17-41(2)63(40)45-30-32-61-55(37-45)53-24-7-11-28-59(53)66(61)49-35-47(44-20-15-21-48(34-44)65-57-26-9-5-22-51(57)52-23-6-10-27-58(52)65)36-50(39-49)67-60-29-12-8-25-54(60)56-38-46(31-33-62(56)67)64-42(3)18-14-19-43(64)4/h5-39H,1-4H3. The molecular formula is C64H47N3. The van der Waals surface area contributed by atoms with E-state index in [4.69, 9.17) is 0 Å². The van der Waals surface area contributed by atoms with Gasteiger partial charge in [-0.2, -0.15) is 0 Å². The van der Waals surface area contributed by atoms with Crippen LogP contribution in [0.5, 0.6) is 0 Å². The molecule has 0 N–H and O–H groups in total. The molecule has 67 heavy (non-hydrogen) atoms. The van der Waals surface area contributed by atoms with Crippen molar-refractivity contribution in [3.8, 4) is 50.4 Å². The van der Waals surface area contributed by atoms with Gasteiger partial charge in [0.25, 0.3) is 0 Å². The third-order valence-corrected chi connectivity index (χ3v) is 14.3. The Bertz CT molecular complexity index is 3870. The van der Waals surface area contributed by atoms with E-state index in [0.29, 0.717) is 0 Å². The molecule has 0 saturated heterocycles. The SMILES string of the molecule is Cc1cccc(C)c1-c1ccc2c(c1)c1ccccc1n2-c1cc(-c2cccc(-n3c4ccccc4c4ccccc43)c2)cc(-n2c3ccccc3c3cc(-c4c(C)cccc4C)ccc32)c1. The molecule has 3 heterocycles. The van der Waals surface area contributed by atoms with Gasteiger partial charge in [0.2, 0.25) is 0 Å². The molecule has 13 rings (SSSR count). The Kier molecular flexibility index (Phi) is 8.78. The molecule has 0 atom stereocenters. The minimum absolute atomic E-state index is 1.11. The quantitative estimate of drug-likeness (QED) is 0.158. The fraction of sp³-hybridized carbons (Fsp3) is 0.0625. The summed E-state index contributed by atoms with van der Waals surface area (Å²) in [6, 6.07) is 78.9. The predicted molar refractivity (Wildman–Crippen MR) is 285 cm³/mol. The number of rotatable bonds is 6. The van der Waals surface area contributed by atoms with E-state index in [2.05, 4.69) is 254 Å². The molecule has 0 unspecified atom stereocenters. The van der Waals surface area contributed by atoms with Crippen molar-refractivity contribution in [1.29, 1.82) is 0 Å². The maximum atomic E-state index is 2.48. The van der Waals surface area contributed by atoms with Gasteiger partial charge in [0.05, 0.1) is 33.1 Å². The molecule has 0 saturated carbocycles. The smallest absolute Gasteiger partial charge is 0.0541 e. The summed E-state index contributed by atoms with van der Waals surface area (Å²) in [5.41, 5.74) is 23.0. The molecule has 10 aromatic carbocycles. The second kappa shape index (κ2) is 15.1. The maximum Gasteiger partial charge on any atom is 0.0541 e. The lowest BCUT2D eigenvalue weighted by atomic mass is 9.94. The first-order valence-electron chi connectivity index (χ1n) is 23.3. The normalized spacial score (nSPS) is 11.9. The summed E-state index contributed by atoms with van der Waals surface area (Å²) in [6.45, 7) is 8.88. The molecule has 13 aromatic rings. The molecule has 0 aliphatic rings. The van der Waals surface area contributed by atoms with E-state index >= 15 is 0 Å². The highest BCUT2D eigenvalue weighted by Crippen LogP contribution is 2.42. The minimum atomic E-state index is 1.11. The van der Waals surface area contributed by atoms with Gasteiger partial charge in [-0.25, -0.2) is 0 Å². The summed E-state index contributed by atoms with van der Waals surface area (Å²) in [7, 11) is 0. The molecule has 3 heteroatoms. The lowest BCUT2D eigenvalue weighted by Gasteiger charge is -2.17. The van der Waals surface area contributed by atoms with Gasteiger partial charge in [0.15, 0.2) is 0 Å². The van der Waals surface area contributed by atoms with Gasteiger partial charge in [-0.3, -0.25) is 0 Å². The summed E-state index contributed by atoms with van der Waals surface area (Å²) in [5, 5.41) is 7.47. The van der Waals surface area contributed by atoms with E-state index in [1.54, 1.807) is 0 Å². The number of fused-ring (bicyclic) bond motifs is 9. The molecule has 0 aliphatic carbocycles. The van der Waals surface area contributed by atoms with E-state index in [1.807, 2.05) is 0 Å². The Labute approximate surface area is 390 Å². The Morgan fingerprint density at radius 3 is 1.00 bits per heavy atom. The monoisotopic (exact) mass is 857 g/mol. The van der Waals surface area contributed by atoms with E-state index in [9.17, 15) is 0 Å². The fourth-order valence-corrected chi connectivity index (χ4v) is 11.4. The third kappa shape index (κ3) is 6.05. The van der Waals surface area contributed by atoms with Gasteiger partial charge < -0.3 is 13.7 Å². The van der Waals surface area contributed by atoms with Crippen molar-refractivity contribution >= 4 is 65.4 Å². The molecule has 0 fully saturated rings. The van der Waals surface area contributed by atoms with Crippen LogP contribution in [0.25, 0.3) is 116 Å². The largest absolute Gasteiger partial charge is 0.309 e. The third-order valence-electron chi connectivity index (χ3n) is 14.3. The molecule has 0 amide bonds. The first-order chi connectivity index (χ1) is 32.9. The van der Waals surface area contributed by atoms with Gasteiger partial charge in [-0.1, -0.05) is 133 Å². The molecule has 0 bridgehead atoms. The van der Waals surface area contributed by atoms with Crippen LogP contribution in [0.4, 0.5) is 0 Å². The van der Waals surface area contributed by atoms with Crippen molar-refractivity contribution in [2.75, 3.05) is 0 Å². The lowest BCUT2D eigenvalue weighted by Crippen LogP contribution is -2.00. The number of benzene rings is 10. The molecule has 3 nitrogen and oxygen atoms in total. The van der Waals surface area contributed by atoms with E-state index in [1.165, 1.54) is 110 Å². The van der Waals surface area contributed by atoms with Crippen LogP contribution in [0.3, 0.4) is 0 Å². The van der Waals surface area contributed by atoms with Crippen LogP contribution in [-0.4, -0.2) is 13.7 Å². The Morgan fingerprint density at radius 1 is 0.224 bits per heavy atom. The summed E-state index contributed by atoms with van der Waals surface area (Å²) < 4.78 is 7.38. The highest BCUT2D eigenvalue weighted by atomic mass is 15.0. The molecule has 0 aliphatic heterocycles. The van der Waals surface area contributed by atoms with Gasteiger partial charge in [-0.05, 0) is 162 Å². The van der Waals surface area contributed by atoms with Gasteiger partial charge >= 0.3 is 0 Å². The lowest BCUT2D eigenvalue weighted by molar-refractivity contribution is 1.13. The van der Waals surface area contributed by atoms with Crippen molar-refractivity contribution in [2.45, 2.75) is 27.7 Å². The summed E-state index contributed by atoms with van der Waals surface area (Å²) in [5.74, 6) is 0. The number of aromatic nitrogens is 3. The highest BCUT2D eigenvalue weighted by molar-refractivity contribution is 6.13. The van der Waals surface area contributed by atoms with Crippen LogP contribution >= 0.6 is 0 Å². The van der Waals surface area contributed by atoms with E-state index < -0.39 is 0 Å². The number of nitrogens with zero attached hydrogens (tertiary/aromatic N) is 3. The molecule has 0 radical (unpaired) electrons. The van der Waals surface area contributed by atoms with Crippen LogP contribution < -0.4 is 0 Å².